The van der Waals surface area contributed by atoms with Crippen molar-refractivity contribution >= 4 is 141 Å². The number of aliphatic hydroxyl groups is 6. The molecule has 9 N–H and O–H groups in total. The van der Waals surface area contributed by atoms with Crippen LogP contribution in [-0.4, -0.2) is 172 Å². The van der Waals surface area contributed by atoms with E-state index < -0.39 is 80.5 Å². The molecule has 4 heterocycles. The van der Waals surface area contributed by atoms with Gasteiger partial charge in [-0.25, -0.2) is 19.2 Å². The number of ether oxygens (including phenoxy) is 8. The Morgan fingerprint density at radius 2 is 1.02 bits per heavy atom. The summed E-state index contributed by atoms with van der Waals surface area (Å²) in [6.45, 7) is 13.1. The molecule has 2 saturated heterocycles. The molecule has 22 nitrogen and oxygen atoms in total. The van der Waals surface area contributed by atoms with Crippen molar-refractivity contribution in [2.24, 2.45) is 17.8 Å². The third-order valence-electron chi connectivity index (χ3n) is 14.9. The Labute approximate surface area is 609 Å². The molecular weight excluding hydrogens is 1880 g/mol. The fourth-order valence-corrected chi connectivity index (χ4v) is 9.81. The first-order chi connectivity index (χ1) is 43.3. The van der Waals surface area contributed by atoms with E-state index in [1.165, 1.54) is 70.9 Å². The van der Waals surface area contributed by atoms with Crippen LogP contribution in [0.15, 0.2) is 115 Å². The van der Waals surface area contributed by atoms with Crippen molar-refractivity contribution in [1.29, 1.82) is 0 Å². The number of carbonyl (C=O) groups is 5. The van der Waals surface area contributed by atoms with Gasteiger partial charge in [-0.05, 0) is 89.9 Å². The fourth-order valence-electron chi connectivity index (χ4n) is 9.81. The molecule has 2 fully saturated rings. The SMILES string of the molecule is CC[C@H]1OC=[C+][C@@H](OC(C)=O)[C@@H]1C.CC[C@H]1O[C@H](c2cccc(C(=O)OC)c2)C=C[C@@H]1C.CC[C@H]1O[C@H](c2cccc(C(=O)OC)c2)[C@@H](O)[C@@H](O)[C@@H]1C.COC(=O)c1cccc(B(O)O)c1.I.II.I[I-]I.O=C(O)c1cccc([C@H]2O[C@H](CO)[C@@H](O)[C@H](O)[C@@H]2O)c1.[2HH]. The van der Waals surface area contributed by atoms with Crippen LogP contribution in [0.4, 0.5) is 0 Å². The molecule has 0 bridgehead atoms. The van der Waals surface area contributed by atoms with Crippen molar-refractivity contribution in [3.05, 3.63) is 160 Å². The van der Waals surface area contributed by atoms with Gasteiger partial charge in [0.05, 0.1) is 74.4 Å². The molecule has 0 amide bonds. The summed E-state index contributed by atoms with van der Waals surface area (Å²) in [5.41, 5.74) is 3.53. The molecule has 0 saturated carbocycles. The molecule has 29 heteroatoms. The van der Waals surface area contributed by atoms with Crippen molar-refractivity contribution in [2.75, 3.05) is 27.9 Å². The third-order valence-corrected chi connectivity index (χ3v) is 14.9. The summed E-state index contributed by atoms with van der Waals surface area (Å²) in [5.74, 6) is -2.17. The Morgan fingerprint density at radius 1 is 0.587 bits per heavy atom. The summed E-state index contributed by atoms with van der Waals surface area (Å²) in [6.07, 6.45) is 2.27. The second-order valence-corrected chi connectivity index (χ2v) is 37.1. The van der Waals surface area contributed by atoms with E-state index in [1.54, 1.807) is 42.5 Å². The molecule has 92 heavy (non-hydrogen) atoms. The number of rotatable bonds is 13. The van der Waals surface area contributed by atoms with Crippen LogP contribution in [0.25, 0.3) is 0 Å². The zero-order chi connectivity index (χ0) is 68.7. The van der Waals surface area contributed by atoms with Gasteiger partial charge < -0.3 is 83.7 Å². The molecule has 514 valence electrons. The van der Waals surface area contributed by atoms with Gasteiger partial charge in [0, 0.05) is 57.4 Å². The fraction of sp³-hybridized carbons (Fsp3) is 0.476. The van der Waals surface area contributed by atoms with E-state index >= 15 is 0 Å². The molecular formula is C63H85BI6O22. The molecule has 0 aromatic heterocycles. The summed E-state index contributed by atoms with van der Waals surface area (Å²) in [4.78, 5) is 55.8. The van der Waals surface area contributed by atoms with E-state index in [2.05, 4.69) is 111 Å². The standard InChI is InChI=1S/C16H22O5.C16H20O3.C13H16O7.C10H15O3.C8H9BO4.I3.I2.HI.H2/c1-4-12-9(2)13(17)14(18)15(21-12)10-6-5-7-11(8-10)16(19)20-3;1-4-14-11(2)8-9-15(19-14)12-6-5-7-13(10-12)16(17)18-3;14-5-8-9(15)10(16)11(17)12(20-8)6-2-1-3-7(4-6)13(18)19;1-4-9-7(2)10(5-6-12-9)13-8(3)11;1-13-8(10)6-3-2-4-7(5-6)9(11)12;1-3-2;1-2;;/h5-9,12-15,17-18H,4H2,1-3H3;5-11,14-15H,4H2,1-3H3;1-4,8-12,14-17H,5H2,(H,18,19);6-7,9-10H,4H2,1-3H3;2-5,11-12H,1H3;;;2*1H/q;;;+1;;-1;;;/t9-,12-,13+,14+,15-;11-,14+,15-;8-,9-,10+,11+,12-;7-,9-,10-;;;;;/m1011...../s1/i;;;;;;;;1+1. The number of methoxy groups -OCH3 is 3. The van der Waals surface area contributed by atoms with Crippen LogP contribution in [0.3, 0.4) is 0 Å². The van der Waals surface area contributed by atoms with E-state index in [4.69, 9.17) is 53.4 Å². The first-order valence-corrected chi connectivity index (χ1v) is 47.5. The Kier molecular flexibility index (Phi) is 44.3. The number of halogens is 6. The van der Waals surface area contributed by atoms with Crippen LogP contribution >= 0.6 is 98.4 Å². The summed E-state index contributed by atoms with van der Waals surface area (Å²) in [7, 11) is 2.41. The summed E-state index contributed by atoms with van der Waals surface area (Å²) < 4.78 is 41.6. The maximum absolute atomic E-state index is 11.6. The van der Waals surface area contributed by atoms with Gasteiger partial charge in [-0.15, -0.1) is 24.0 Å². The molecule has 4 aliphatic heterocycles. The van der Waals surface area contributed by atoms with Crippen molar-refractivity contribution in [1.82, 2.24) is 0 Å². The van der Waals surface area contributed by atoms with Gasteiger partial charge in [0.2, 0.25) is 0 Å². The topological polar surface area (TPSA) is 341 Å². The Balaban J connectivity index is 0.00000112. The van der Waals surface area contributed by atoms with Gasteiger partial charge >= 0.3 is 106 Å². The molecule has 0 radical (unpaired) electrons. The van der Waals surface area contributed by atoms with Crippen molar-refractivity contribution in [3.8, 4) is 0 Å². The summed E-state index contributed by atoms with van der Waals surface area (Å²) in [5, 5.41) is 85.4. The quantitative estimate of drug-likeness (QED) is 0.0176. The zero-order valence-electron chi connectivity index (χ0n) is 52.2. The number of aliphatic hydroxyl groups excluding tert-OH is 6. The minimum atomic E-state index is -1.57. The van der Waals surface area contributed by atoms with Crippen molar-refractivity contribution < 1.29 is 122 Å². The number of benzene rings is 4. The van der Waals surface area contributed by atoms with Crippen LogP contribution in [-0.2, 0) is 42.7 Å². The van der Waals surface area contributed by atoms with Crippen LogP contribution in [0.2, 0.25) is 0 Å². The molecule has 16 atom stereocenters. The molecule has 4 aromatic carbocycles. The molecule has 8 rings (SSSR count). The molecule has 0 unspecified atom stereocenters. The number of hydrogen-bond acceptors (Lipinski definition) is 21. The molecule has 4 aliphatic rings. The Hall–Kier alpha value is -2.58. The molecule has 4 aromatic rings. The predicted molar refractivity (Wildman–Crippen MR) is 386 cm³/mol. The van der Waals surface area contributed by atoms with Gasteiger partial charge in [0.15, 0.2) is 0 Å². The number of carboxylic acid groups (broad SMARTS) is 1. The van der Waals surface area contributed by atoms with E-state index in [0.717, 1.165) is 24.8 Å². The van der Waals surface area contributed by atoms with Crippen LogP contribution in [0, 0.1) is 23.8 Å². The van der Waals surface area contributed by atoms with Gasteiger partial charge in [0.1, 0.15) is 54.9 Å². The first-order valence-electron chi connectivity index (χ1n) is 28.6. The van der Waals surface area contributed by atoms with E-state index in [9.17, 15) is 49.5 Å². The van der Waals surface area contributed by atoms with Crippen LogP contribution in [0.5, 0.6) is 0 Å². The Bertz CT molecular complexity index is 2910. The Morgan fingerprint density at radius 3 is 1.48 bits per heavy atom. The summed E-state index contributed by atoms with van der Waals surface area (Å²) in [6, 6.07) is 25.9. The van der Waals surface area contributed by atoms with Crippen LogP contribution in [0.1, 0.15) is 146 Å². The maximum atomic E-state index is 11.6. The third kappa shape index (κ3) is 27.4. The second-order valence-electron chi connectivity index (χ2n) is 20.8. The van der Waals surface area contributed by atoms with Gasteiger partial charge in [-0.1, -0.05) is 102 Å². The first kappa shape index (κ1) is 87.4. The second kappa shape index (κ2) is 46.6. The normalized spacial score (nSPS) is 26.4. The number of carboxylic acids is 1. The summed E-state index contributed by atoms with van der Waals surface area (Å²) >= 11 is 9.54. The average molecular weight is 1970 g/mol. The van der Waals surface area contributed by atoms with Crippen molar-refractivity contribution in [3.63, 3.8) is 0 Å². The van der Waals surface area contributed by atoms with Gasteiger partial charge in [-0.2, -0.15) is 0 Å². The van der Waals surface area contributed by atoms with Gasteiger partial charge in [-0.3, -0.25) is 4.79 Å². The molecule has 0 spiro atoms. The van der Waals surface area contributed by atoms with Crippen LogP contribution < -0.4 is 18.7 Å². The number of esters is 4. The maximum Gasteiger partial charge on any atom is 0.335 e. The van der Waals surface area contributed by atoms with E-state index in [1.807, 2.05) is 45.9 Å². The number of carbonyl (C=O) groups excluding carboxylic acids is 4. The average Bonchev–Trinajstić information content (AvgIpc) is 0.876. The monoisotopic (exact) mass is 1970 g/mol. The van der Waals surface area contributed by atoms with Gasteiger partial charge in [0.25, 0.3) is 0 Å². The number of aromatic carboxylic acids is 1. The zero-order valence-corrected chi connectivity index (χ0v) is 65.4. The predicted octanol–water partition coefficient (Wildman–Crippen LogP) is 6.34. The number of hydrogen-bond donors (Lipinski definition) is 9. The molecule has 0 aliphatic carbocycles. The minimum absolute atomic E-state index is 0. The largest absolute Gasteiger partial charge is 0.478 e. The van der Waals surface area contributed by atoms with Crippen molar-refractivity contribution in [2.45, 2.75) is 147 Å². The van der Waals surface area contributed by atoms with E-state index in [-0.39, 0.29) is 90.7 Å². The van der Waals surface area contributed by atoms with E-state index in [0.29, 0.717) is 47.0 Å². The smallest absolute Gasteiger partial charge is 0.335 e. The minimum Gasteiger partial charge on any atom is -0.478 e.